The maximum absolute atomic E-state index is 12.8. The number of benzene rings is 2. The number of amides is 2. The van der Waals surface area contributed by atoms with Gasteiger partial charge in [0.05, 0.1) is 12.6 Å². The zero-order valence-electron chi connectivity index (χ0n) is 15.7. The van der Waals surface area contributed by atoms with E-state index in [1.807, 2.05) is 36.0 Å². The van der Waals surface area contributed by atoms with Crippen LogP contribution >= 0.6 is 11.8 Å². The van der Waals surface area contributed by atoms with E-state index in [0.29, 0.717) is 12.3 Å². The summed E-state index contributed by atoms with van der Waals surface area (Å²) >= 11 is 1.85. The number of carbonyl (C=O) groups is 1. The molecule has 0 spiro atoms. The number of terminal acetylenes is 1. The Morgan fingerprint density at radius 1 is 1.37 bits per heavy atom. The van der Waals surface area contributed by atoms with Crippen LogP contribution in [0.3, 0.4) is 0 Å². The highest BCUT2D eigenvalue weighted by molar-refractivity contribution is 7.99. The maximum Gasteiger partial charge on any atom is 0.317 e. The first-order chi connectivity index (χ1) is 13.1. The topological polar surface area (TPSA) is 41.6 Å². The van der Waals surface area contributed by atoms with Crippen LogP contribution in [0.25, 0.3) is 0 Å². The molecule has 0 saturated heterocycles. The lowest BCUT2D eigenvalue weighted by Crippen LogP contribution is -2.40. The zero-order valence-corrected chi connectivity index (χ0v) is 16.5. The van der Waals surface area contributed by atoms with Crippen molar-refractivity contribution in [3.05, 3.63) is 59.2 Å². The van der Waals surface area contributed by atoms with Crippen LogP contribution in [0.1, 0.15) is 29.2 Å². The third kappa shape index (κ3) is 4.78. The van der Waals surface area contributed by atoms with E-state index in [-0.39, 0.29) is 18.7 Å². The summed E-state index contributed by atoms with van der Waals surface area (Å²) in [6.45, 7) is 2.75. The van der Waals surface area contributed by atoms with E-state index in [2.05, 4.69) is 36.4 Å². The summed E-state index contributed by atoms with van der Waals surface area (Å²) < 4.78 is 5.58. The van der Waals surface area contributed by atoms with Crippen molar-refractivity contribution in [2.75, 3.05) is 19.4 Å². The van der Waals surface area contributed by atoms with Crippen LogP contribution in [0.15, 0.2) is 47.4 Å². The number of nitrogens with one attached hydrogen (secondary N) is 1. The first-order valence-electron chi connectivity index (χ1n) is 8.97. The Morgan fingerprint density at radius 2 is 2.19 bits per heavy atom. The number of rotatable bonds is 5. The van der Waals surface area contributed by atoms with Crippen LogP contribution in [-0.2, 0) is 6.54 Å². The van der Waals surface area contributed by atoms with Gasteiger partial charge in [-0.1, -0.05) is 41.8 Å². The molecule has 0 saturated carbocycles. The Morgan fingerprint density at radius 3 is 3.00 bits per heavy atom. The predicted octanol–water partition coefficient (Wildman–Crippen LogP) is 4.39. The molecule has 2 aromatic carbocycles. The Hall–Kier alpha value is -2.58. The van der Waals surface area contributed by atoms with E-state index in [1.54, 1.807) is 11.9 Å². The molecule has 0 unspecified atom stereocenters. The normalized spacial score (nSPS) is 15.4. The van der Waals surface area contributed by atoms with Crippen LogP contribution in [0, 0.1) is 19.3 Å². The van der Waals surface area contributed by atoms with Crippen molar-refractivity contribution in [3.63, 3.8) is 0 Å². The van der Waals surface area contributed by atoms with Crippen LogP contribution in [0.4, 0.5) is 4.79 Å². The van der Waals surface area contributed by atoms with Gasteiger partial charge in [0.25, 0.3) is 0 Å². The maximum atomic E-state index is 12.8. The number of hydrogen-bond acceptors (Lipinski definition) is 3. The molecule has 1 aliphatic rings. The Balaban J connectivity index is 1.68. The van der Waals surface area contributed by atoms with Crippen molar-refractivity contribution in [2.24, 2.45) is 0 Å². The summed E-state index contributed by atoms with van der Waals surface area (Å²) in [7, 11) is 1.79. The molecule has 0 aliphatic carbocycles. The van der Waals surface area contributed by atoms with Gasteiger partial charge in [0, 0.05) is 23.3 Å². The zero-order chi connectivity index (χ0) is 19.2. The highest BCUT2D eigenvalue weighted by Crippen LogP contribution is 2.36. The molecule has 3 rings (SSSR count). The highest BCUT2D eigenvalue weighted by atomic mass is 32.2. The van der Waals surface area contributed by atoms with E-state index >= 15 is 0 Å². The van der Waals surface area contributed by atoms with Crippen LogP contribution in [-0.4, -0.2) is 30.3 Å². The summed E-state index contributed by atoms with van der Waals surface area (Å²) in [5, 5.41) is 3.19. The summed E-state index contributed by atoms with van der Waals surface area (Å²) in [5.41, 5.74) is 3.36. The molecule has 5 heteroatoms. The molecule has 1 atom stereocenters. The standard InChI is InChI=1S/C22H24N2O2S/c1-4-12-26-20-8-6-5-7-17(20)15-24(3)22(25)23-19-11-13-27-21-10-9-16(2)14-18(19)21/h1,5-10,14,19H,11-13,15H2,2-3H3,(H,23,25)/t19-/m1/s1. The fraction of sp³-hybridized carbons (Fsp3) is 0.318. The van der Waals surface area contributed by atoms with Gasteiger partial charge in [0.1, 0.15) is 12.4 Å². The van der Waals surface area contributed by atoms with Gasteiger partial charge in [0.2, 0.25) is 0 Å². The smallest absolute Gasteiger partial charge is 0.317 e. The van der Waals surface area contributed by atoms with E-state index in [1.165, 1.54) is 16.0 Å². The minimum atomic E-state index is -0.0916. The molecular weight excluding hydrogens is 356 g/mol. The molecule has 2 amide bonds. The van der Waals surface area contributed by atoms with Gasteiger partial charge in [-0.05, 0) is 31.0 Å². The van der Waals surface area contributed by atoms with E-state index < -0.39 is 0 Å². The number of nitrogens with zero attached hydrogens (tertiary/aromatic N) is 1. The minimum absolute atomic E-state index is 0.0454. The Labute approximate surface area is 165 Å². The summed E-state index contributed by atoms with van der Waals surface area (Å²) in [6, 6.07) is 14.0. The number of ether oxygens (including phenoxy) is 1. The van der Waals surface area contributed by atoms with Crippen molar-refractivity contribution in [1.29, 1.82) is 0 Å². The number of aryl methyl sites for hydroxylation is 1. The number of para-hydroxylation sites is 1. The fourth-order valence-electron chi connectivity index (χ4n) is 3.15. The lowest BCUT2D eigenvalue weighted by Gasteiger charge is -2.29. The second kappa shape index (κ2) is 8.88. The average molecular weight is 381 g/mol. The number of thioether (sulfide) groups is 1. The molecule has 27 heavy (non-hydrogen) atoms. The van der Waals surface area contributed by atoms with E-state index in [9.17, 15) is 4.79 Å². The summed E-state index contributed by atoms with van der Waals surface area (Å²) in [5.74, 6) is 4.19. The molecule has 0 bridgehead atoms. The first kappa shape index (κ1) is 19.2. The molecule has 1 N–H and O–H groups in total. The Kier molecular flexibility index (Phi) is 6.31. The van der Waals surface area contributed by atoms with Crippen molar-refractivity contribution in [3.8, 4) is 18.1 Å². The number of carbonyl (C=O) groups excluding carboxylic acids is 1. The highest BCUT2D eigenvalue weighted by Gasteiger charge is 2.24. The second-order valence-electron chi connectivity index (χ2n) is 6.64. The van der Waals surface area contributed by atoms with Gasteiger partial charge in [-0.3, -0.25) is 0 Å². The van der Waals surface area contributed by atoms with Crippen molar-refractivity contribution < 1.29 is 9.53 Å². The minimum Gasteiger partial charge on any atom is -0.481 e. The van der Waals surface area contributed by atoms with Crippen molar-refractivity contribution in [2.45, 2.75) is 30.8 Å². The lowest BCUT2D eigenvalue weighted by molar-refractivity contribution is 0.201. The van der Waals surface area contributed by atoms with Crippen LogP contribution < -0.4 is 10.1 Å². The molecule has 4 nitrogen and oxygen atoms in total. The van der Waals surface area contributed by atoms with Gasteiger partial charge in [-0.2, -0.15) is 0 Å². The number of fused-ring (bicyclic) bond motifs is 1. The van der Waals surface area contributed by atoms with E-state index in [0.717, 1.165) is 17.7 Å². The summed E-state index contributed by atoms with van der Waals surface area (Å²) in [6.07, 6.45) is 6.21. The number of hydrogen-bond donors (Lipinski definition) is 1. The predicted molar refractivity (Wildman–Crippen MR) is 110 cm³/mol. The fourth-order valence-corrected chi connectivity index (χ4v) is 4.25. The van der Waals surface area contributed by atoms with Crippen molar-refractivity contribution in [1.82, 2.24) is 10.2 Å². The van der Waals surface area contributed by atoms with Gasteiger partial charge >= 0.3 is 6.03 Å². The van der Waals surface area contributed by atoms with Gasteiger partial charge in [0.15, 0.2) is 0 Å². The Bertz CT molecular complexity index is 860. The first-order valence-corrected chi connectivity index (χ1v) is 9.96. The molecule has 140 valence electrons. The lowest BCUT2D eigenvalue weighted by atomic mass is 10.0. The van der Waals surface area contributed by atoms with Crippen LogP contribution in [0.2, 0.25) is 0 Å². The second-order valence-corrected chi connectivity index (χ2v) is 7.77. The molecule has 1 aliphatic heterocycles. The van der Waals surface area contributed by atoms with Crippen molar-refractivity contribution >= 4 is 17.8 Å². The largest absolute Gasteiger partial charge is 0.481 e. The monoisotopic (exact) mass is 380 g/mol. The number of urea groups is 1. The van der Waals surface area contributed by atoms with E-state index in [4.69, 9.17) is 11.2 Å². The summed E-state index contributed by atoms with van der Waals surface area (Å²) in [4.78, 5) is 15.7. The molecule has 0 aromatic heterocycles. The van der Waals surface area contributed by atoms with Gasteiger partial charge in [-0.25, -0.2) is 4.79 Å². The molecular formula is C22H24N2O2S. The SMILES string of the molecule is C#CCOc1ccccc1CN(C)C(=O)N[C@@H]1CCSc2ccc(C)cc21. The third-order valence-corrected chi connectivity index (χ3v) is 5.66. The molecule has 1 heterocycles. The van der Waals surface area contributed by atoms with Crippen LogP contribution in [0.5, 0.6) is 5.75 Å². The quantitative estimate of drug-likeness (QED) is 0.783. The average Bonchev–Trinajstić information content (AvgIpc) is 2.67. The molecule has 2 aromatic rings. The molecule has 0 fully saturated rings. The van der Waals surface area contributed by atoms with Gasteiger partial charge in [-0.15, -0.1) is 18.2 Å². The molecule has 0 radical (unpaired) electrons. The van der Waals surface area contributed by atoms with Gasteiger partial charge < -0.3 is 15.0 Å². The third-order valence-electron chi connectivity index (χ3n) is 4.54.